The molecule has 0 saturated heterocycles. The van der Waals surface area contributed by atoms with Crippen LogP contribution in [0.2, 0.25) is 0 Å². The SMILES string of the molecule is COc1ccccc1CC(C)N(CCN)Cc1ccccc1. The fourth-order valence-electron chi connectivity index (χ4n) is 2.76. The van der Waals surface area contributed by atoms with Crippen molar-refractivity contribution in [3.05, 3.63) is 65.7 Å². The zero-order chi connectivity index (χ0) is 15.8. The van der Waals surface area contributed by atoms with Crippen molar-refractivity contribution in [1.82, 2.24) is 4.90 Å². The van der Waals surface area contributed by atoms with E-state index in [1.165, 1.54) is 11.1 Å². The second-order valence-corrected chi connectivity index (χ2v) is 5.61. The van der Waals surface area contributed by atoms with Gasteiger partial charge in [0, 0.05) is 25.7 Å². The van der Waals surface area contributed by atoms with Crippen LogP contribution in [0.25, 0.3) is 0 Å². The highest BCUT2D eigenvalue weighted by atomic mass is 16.5. The third-order valence-electron chi connectivity index (χ3n) is 3.98. The average Bonchev–Trinajstić information content (AvgIpc) is 2.56. The standard InChI is InChI=1S/C19H26N2O/c1-16(14-18-10-6-7-11-19(18)22-2)21(13-12-20)15-17-8-4-3-5-9-17/h3-11,16H,12-15,20H2,1-2H3. The van der Waals surface area contributed by atoms with Gasteiger partial charge in [0.2, 0.25) is 0 Å². The molecule has 0 spiro atoms. The van der Waals surface area contributed by atoms with E-state index in [0.29, 0.717) is 12.6 Å². The van der Waals surface area contributed by atoms with Crippen LogP contribution in [0.5, 0.6) is 5.75 Å². The lowest BCUT2D eigenvalue weighted by Crippen LogP contribution is -2.37. The van der Waals surface area contributed by atoms with Crippen molar-refractivity contribution >= 4 is 0 Å². The highest BCUT2D eigenvalue weighted by Gasteiger charge is 2.16. The molecule has 0 aromatic heterocycles. The first-order valence-corrected chi connectivity index (χ1v) is 7.84. The smallest absolute Gasteiger partial charge is 0.122 e. The van der Waals surface area contributed by atoms with E-state index in [4.69, 9.17) is 10.5 Å². The Kier molecular flexibility index (Phi) is 6.44. The van der Waals surface area contributed by atoms with E-state index in [9.17, 15) is 0 Å². The van der Waals surface area contributed by atoms with E-state index < -0.39 is 0 Å². The fourth-order valence-corrected chi connectivity index (χ4v) is 2.76. The second kappa shape index (κ2) is 8.57. The van der Waals surface area contributed by atoms with Crippen LogP contribution in [0.15, 0.2) is 54.6 Å². The summed E-state index contributed by atoms with van der Waals surface area (Å²) in [6.07, 6.45) is 0.955. The van der Waals surface area contributed by atoms with Gasteiger partial charge in [-0.1, -0.05) is 48.5 Å². The van der Waals surface area contributed by atoms with E-state index in [1.54, 1.807) is 7.11 Å². The maximum absolute atomic E-state index is 5.80. The first-order valence-electron chi connectivity index (χ1n) is 7.84. The number of nitrogens with two attached hydrogens (primary N) is 1. The van der Waals surface area contributed by atoms with Gasteiger partial charge in [-0.25, -0.2) is 0 Å². The van der Waals surface area contributed by atoms with Crippen LogP contribution in [0.4, 0.5) is 0 Å². The van der Waals surface area contributed by atoms with Crippen LogP contribution in [-0.2, 0) is 13.0 Å². The van der Waals surface area contributed by atoms with Crippen molar-refractivity contribution in [2.45, 2.75) is 25.9 Å². The normalized spacial score (nSPS) is 12.4. The number of benzene rings is 2. The number of nitrogens with zero attached hydrogens (tertiary/aromatic N) is 1. The fraction of sp³-hybridized carbons (Fsp3) is 0.368. The average molecular weight is 298 g/mol. The molecule has 3 heteroatoms. The predicted molar refractivity (Wildman–Crippen MR) is 92.1 cm³/mol. The molecule has 2 aromatic rings. The Morgan fingerprint density at radius 3 is 2.41 bits per heavy atom. The van der Waals surface area contributed by atoms with E-state index in [2.05, 4.69) is 54.3 Å². The number of hydrogen-bond acceptors (Lipinski definition) is 3. The predicted octanol–water partition coefficient (Wildman–Crippen LogP) is 3.09. The molecule has 0 amide bonds. The molecule has 118 valence electrons. The van der Waals surface area contributed by atoms with Gasteiger partial charge in [0.1, 0.15) is 5.75 Å². The summed E-state index contributed by atoms with van der Waals surface area (Å²) in [6.45, 7) is 4.74. The number of rotatable bonds is 8. The molecule has 0 aliphatic carbocycles. The van der Waals surface area contributed by atoms with E-state index in [-0.39, 0.29) is 0 Å². The maximum atomic E-state index is 5.80. The van der Waals surface area contributed by atoms with Gasteiger partial charge in [0.15, 0.2) is 0 Å². The Balaban J connectivity index is 2.07. The first kappa shape index (κ1) is 16.5. The summed E-state index contributed by atoms with van der Waals surface area (Å²) in [5, 5.41) is 0. The van der Waals surface area contributed by atoms with Gasteiger partial charge in [-0.15, -0.1) is 0 Å². The van der Waals surface area contributed by atoms with Crippen molar-refractivity contribution in [2.24, 2.45) is 5.73 Å². The summed E-state index contributed by atoms with van der Waals surface area (Å²) >= 11 is 0. The number of hydrogen-bond donors (Lipinski definition) is 1. The maximum Gasteiger partial charge on any atom is 0.122 e. The van der Waals surface area contributed by atoms with Gasteiger partial charge < -0.3 is 10.5 Å². The van der Waals surface area contributed by atoms with Gasteiger partial charge in [-0.2, -0.15) is 0 Å². The molecular formula is C19H26N2O. The largest absolute Gasteiger partial charge is 0.496 e. The lowest BCUT2D eigenvalue weighted by Gasteiger charge is -2.29. The summed E-state index contributed by atoms with van der Waals surface area (Å²) in [6, 6.07) is 19.2. The van der Waals surface area contributed by atoms with Crippen molar-refractivity contribution in [3.8, 4) is 5.75 Å². The van der Waals surface area contributed by atoms with Crippen molar-refractivity contribution in [1.29, 1.82) is 0 Å². The summed E-state index contributed by atoms with van der Waals surface area (Å²) < 4.78 is 5.46. The molecule has 2 rings (SSSR count). The molecule has 1 unspecified atom stereocenters. The Hall–Kier alpha value is -1.84. The van der Waals surface area contributed by atoms with Gasteiger partial charge in [0.05, 0.1) is 7.11 Å². The Bertz CT molecular complexity index is 556. The molecule has 2 N–H and O–H groups in total. The summed E-state index contributed by atoms with van der Waals surface area (Å²) in [5.41, 5.74) is 8.37. The number of methoxy groups -OCH3 is 1. The topological polar surface area (TPSA) is 38.5 Å². The van der Waals surface area contributed by atoms with Crippen LogP contribution in [-0.4, -0.2) is 31.1 Å². The van der Waals surface area contributed by atoms with Gasteiger partial charge in [-0.05, 0) is 30.5 Å². The zero-order valence-electron chi connectivity index (χ0n) is 13.5. The Morgan fingerprint density at radius 1 is 1.05 bits per heavy atom. The Labute approximate surface area is 133 Å². The molecule has 0 heterocycles. The van der Waals surface area contributed by atoms with E-state index in [1.807, 2.05) is 12.1 Å². The molecule has 0 bridgehead atoms. The summed E-state index contributed by atoms with van der Waals surface area (Å²) in [7, 11) is 1.73. The quantitative estimate of drug-likeness (QED) is 0.814. The van der Waals surface area contributed by atoms with Crippen LogP contribution >= 0.6 is 0 Å². The van der Waals surface area contributed by atoms with Crippen molar-refractivity contribution < 1.29 is 4.74 Å². The minimum absolute atomic E-state index is 0.403. The van der Waals surface area contributed by atoms with E-state index >= 15 is 0 Å². The monoisotopic (exact) mass is 298 g/mol. The van der Waals surface area contributed by atoms with Crippen molar-refractivity contribution in [3.63, 3.8) is 0 Å². The highest BCUT2D eigenvalue weighted by Crippen LogP contribution is 2.21. The molecular weight excluding hydrogens is 272 g/mol. The Morgan fingerprint density at radius 2 is 1.73 bits per heavy atom. The van der Waals surface area contributed by atoms with Crippen LogP contribution in [0, 0.1) is 0 Å². The lowest BCUT2D eigenvalue weighted by atomic mass is 10.0. The van der Waals surface area contributed by atoms with E-state index in [0.717, 1.165) is 25.3 Å². The number of para-hydroxylation sites is 1. The van der Waals surface area contributed by atoms with Crippen molar-refractivity contribution in [2.75, 3.05) is 20.2 Å². The highest BCUT2D eigenvalue weighted by molar-refractivity contribution is 5.33. The van der Waals surface area contributed by atoms with Crippen LogP contribution < -0.4 is 10.5 Å². The zero-order valence-corrected chi connectivity index (χ0v) is 13.5. The molecule has 1 atom stereocenters. The summed E-state index contributed by atoms with van der Waals surface area (Å²) in [4.78, 5) is 2.43. The summed E-state index contributed by atoms with van der Waals surface area (Å²) in [5.74, 6) is 0.960. The first-order chi connectivity index (χ1) is 10.7. The van der Waals surface area contributed by atoms with Gasteiger partial charge >= 0.3 is 0 Å². The van der Waals surface area contributed by atoms with Crippen LogP contribution in [0.3, 0.4) is 0 Å². The minimum Gasteiger partial charge on any atom is -0.496 e. The number of ether oxygens (including phenoxy) is 1. The van der Waals surface area contributed by atoms with Gasteiger partial charge in [-0.3, -0.25) is 4.90 Å². The molecule has 0 saturated carbocycles. The molecule has 22 heavy (non-hydrogen) atoms. The molecule has 3 nitrogen and oxygen atoms in total. The molecule has 2 aromatic carbocycles. The van der Waals surface area contributed by atoms with Crippen LogP contribution in [0.1, 0.15) is 18.1 Å². The minimum atomic E-state index is 0.403. The van der Waals surface area contributed by atoms with Gasteiger partial charge in [0.25, 0.3) is 0 Å². The molecule has 0 aliphatic heterocycles. The molecule has 0 fully saturated rings. The third-order valence-corrected chi connectivity index (χ3v) is 3.98. The third kappa shape index (κ3) is 4.58. The second-order valence-electron chi connectivity index (χ2n) is 5.61. The molecule has 0 aliphatic rings. The lowest BCUT2D eigenvalue weighted by molar-refractivity contribution is 0.203. The molecule has 0 radical (unpaired) electrons.